The zero-order chi connectivity index (χ0) is 23.2. The molecule has 0 heterocycles. The van der Waals surface area contributed by atoms with E-state index in [9.17, 15) is 9.59 Å². The number of rotatable bonds is 6. The Bertz CT molecular complexity index is 995. The van der Waals surface area contributed by atoms with E-state index < -0.39 is 0 Å². The molecule has 2 fully saturated rings. The molecule has 0 bridgehead atoms. The molecule has 0 unspecified atom stereocenters. The van der Waals surface area contributed by atoms with Crippen molar-refractivity contribution in [3.8, 4) is 0 Å². The summed E-state index contributed by atoms with van der Waals surface area (Å²) < 4.78 is 12.4. The number of methoxy groups -OCH3 is 1. The highest BCUT2D eigenvalue weighted by atomic mass is 16.5. The molecule has 0 saturated heterocycles. The first-order valence-electron chi connectivity index (χ1n) is 12.6. The third-order valence-electron chi connectivity index (χ3n) is 9.30. The number of hydrogen-bond acceptors (Lipinski definition) is 4. The smallest absolute Gasteiger partial charge is 0.156 e. The number of fused-ring (bicyclic) bond motifs is 4. The molecule has 5 rings (SSSR count). The summed E-state index contributed by atoms with van der Waals surface area (Å²) in [5.41, 5.74) is 6.04. The summed E-state index contributed by atoms with van der Waals surface area (Å²) in [5.74, 6) is 1.63. The van der Waals surface area contributed by atoms with E-state index in [1.807, 2.05) is 18.2 Å². The van der Waals surface area contributed by atoms with Gasteiger partial charge in [-0.15, -0.1) is 0 Å². The van der Waals surface area contributed by atoms with Crippen LogP contribution in [0.15, 0.2) is 47.1 Å². The summed E-state index contributed by atoms with van der Waals surface area (Å²) in [5, 5.41) is 0. The minimum absolute atomic E-state index is 0.00739. The first kappa shape index (κ1) is 22.7. The second kappa shape index (κ2) is 8.63. The van der Waals surface area contributed by atoms with Crippen LogP contribution in [0.4, 0.5) is 0 Å². The number of hydrogen-bond donors (Lipinski definition) is 0. The fraction of sp³-hybridized carbons (Fsp3) is 0.586. The van der Waals surface area contributed by atoms with Crippen molar-refractivity contribution in [1.29, 1.82) is 0 Å². The molecule has 4 nitrogen and oxygen atoms in total. The molecule has 4 aliphatic carbocycles. The van der Waals surface area contributed by atoms with Crippen LogP contribution in [-0.2, 0) is 14.3 Å². The minimum Gasteiger partial charge on any atom is -0.382 e. The Hall–Kier alpha value is -2.04. The van der Waals surface area contributed by atoms with Gasteiger partial charge in [-0.1, -0.05) is 36.8 Å². The topological polar surface area (TPSA) is 52.6 Å². The van der Waals surface area contributed by atoms with Gasteiger partial charge in [0.1, 0.15) is 6.29 Å². The third-order valence-corrected chi connectivity index (χ3v) is 9.30. The van der Waals surface area contributed by atoms with Gasteiger partial charge < -0.3 is 9.47 Å². The first-order valence-corrected chi connectivity index (χ1v) is 12.6. The van der Waals surface area contributed by atoms with E-state index in [0.29, 0.717) is 37.0 Å². The maximum Gasteiger partial charge on any atom is 0.156 e. The fourth-order valence-electron chi connectivity index (χ4n) is 7.87. The van der Waals surface area contributed by atoms with Gasteiger partial charge in [-0.05, 0) is 80.1 Å². The molecule has 2 saturated carbocycles. The Kier molecular flexibility index (Phi) is 5.95. The largest absolute Gasteiger partial charge is 0.382 e. The highest BCUT2D eigenvalue weighted by molar-refractivity contribution is 5.93. The van der Waals surface area contributed by atoms with Crippen molar-refractivity contribution in [2.24, 2.45) is 17.3 Å². The summed E-state index contributed by atoms with van der Waals surface area (Å²) in [6.45, 7) is 5.86. The Morgan fingerprint density at radius 2 is 1.91 bits per heavy atom. The molecule has 0 aromatic heterocycles. The van der Waals surface area contributed by atoms with Crippen LogP contribution in [0.3, 0.4) is 0 Å². The van der Waals surface area contributed by atoms with Gasteiger partial charge in [0, 0.05) is 37.0 Å². The third kappa shape index (κ3) is 3.49. The van der Waals surface area contributed by atoms with Crippen LogP contribution in [0, 0.1) is 17.3 Å². The zero-order valence-electron chi connectivity index (χ0n) is 20.2. The van der Waals surface area contributed by atoms with Crippen molar-refractivity contribution in [1.82, 2.24) is 0 Å². The van der Waals surface area contributed by atoms with Crippen LogP contribution in [0.25, 0.3) is 0 Å². The van der Waals surface area contributed by atoms with Gasteiger partial charge in [0.05, 0.1) is 12.2 Å². The van der Waals surface area contributed by atoms with Crippen LogP contribution >= 0.6 is 0 Å². The lowest BCUT2D eigenvalue weighted by Gasteiger charge is -2.56. The molecule has 1 aromatic rings. The molecule has 0 N–H and O–H groups in total. The number of ether oxygens (including phenoxy) is 2. The summed E-state index contributed by atoms with van der Waals surface area (Å²) in [7, 11) is 1.79. The monoisotopic (exact) mass is 448 g/mol. The number of benzene rings is 1. The lowest BCUT2D eigenvalue weighted by Crippen LogP contribution is -2.55. The summed E-state index contributed by atoms with van der Waals surface area (Å²) in [4.78, 5) is 23.5. The highest BCUT2D eigenvalue weighted by Crippen LogP contribution is 2.67. The van der Waals surface area contributed by atoms with Gasteiger partial charge in [-0.3, -0.25) is 9.59 Å². The molecule has 176 valence electrons. The van der Waals surface area contributed by atoms with Crippen LogP contribution < -0.4 is 0 Å². The minimum atomic E-state index is -0.267. The fourth-order valence-corrected chi connectivity index (χ4v) is 7.87. The molecule has 5 atom stereocenters. The Balaban J connectivity index is 1.66. The highest BCUT2D eigenvalue weighted by Gasteiger charge is 2.64. The second-order valence-corrected chi connectivity index (χ2v) is 10.7. The molecule has 4 aliphatic rings. The summed E-state index contributed by atoms with van der Waals surface area (Å²) >= 11 is 0. The maximum absolute atomic E-state index is 12.2. The quantitative estimate of drug-likeness (QED) is 0.515. The van der Waals surface area contributed by atoms with Gasteiger partial charge >= 0.3 is 0 Å². The molecular formula is C29H36O4. The molecule has 1 aromatic carbocycles. The Labute approximate surface area is 197 Å². The zero-order valence-corrected chi connectivity index (χ0v) is 20.2. The van der Waals surface area contributed by atoms with Crippen LogP contribution in [0.2, 0.25) is 0 Å². The average Bonchev–Trinajstić information content (AvgIpc) is 3.10. The predicted molar refractivity (Wildman–Crippen MR) is 128 cm³/mol. The van der Waals surface area contributed by atoms with E-state index in [4.69, 9.17) is 9.47 Å². The maximum atomic E-state index is 12.2. The Morgan fingerprint density at radius 3 is 2.61 bits per heavy atom. The molecule has 4 heteroatoms. The summed E-state index contributed by atoms with van der Waals surface area (Å²) in [6, 6.07) is 8.17. The Morgan fingerprint density at radius 1 is 1.12 bits per heavy atom. The van der Waals surface area contributed by atoms with Gasteiger partial charge in [-0.2, -0.15) is 0 Å². The number of carbonyl (C=O) groups excluding carboxylic acids is 2. The normalized spacial score (nSPS) is 35.5. The van der Waals surface area contributed by atoms with E-state index in [1.54, 1.807) is 12.7 Å². The molecule has 0 amide bonds. The van der Waals surface area contributed by atoms with E-state index in [0.717, 1.165) is 44.8 Å². The average molecular weight is 449 g/mol. The van der Waals surface area contributed by atoms with Crippen molar-refractivity contribution < 1.29 is 19.1 Å². The molecule has 0 aliphatic heterocycles. The number of carbonyl (C=O) groups is 2. The van der Waals surface area contributed by atoms with Crippen molar-refractivity contribution in [3.05, 3.63) is 58.2 Å². The van der Waals surface area contributed by atoms with E-state index in [-0.39, 0.29) is 22.7 Å². The molecule has 33 heavy (non-hydrogen) atoms. The lowest BCUT2D eigenvalue weighted by atomic mass is 9.51. The molecule has 0 radical (unpaired) electrons. The van der Waals surface area contributed by atoms with Gasteiger partial charge in [0.2, 0.25) is 0 Å². The molecule has 0 spiro atoms. The van der Waals surface area contributed by atoms with Crippen LogP contribution in [-0.4, -0.2) is 38.0 Å². The van der Waals surface area contributed by atoms with Gasteiger partial charge in [0.25, 0.3) is 0 Å². The molecular weight excluding hydrogens is 412 g/mol. The predicted octanol–water partition coefficient (Wildman–Crippen LogP) is 5.82. The lowest BCUT2D eigenvalue weighted by molar-refractivity contribution is -0.164. The number of aldehydes is 1. The summed E-state index contributed by atoms with van der Waals surface area (Å²) in [6.07, 6.45) is 9.66. The van der Waals surface area contributed by atoms with Gasteiger partial charge in [-0.25, -0.2) is 0 Å². The SMILES string of the molecule is CCO[C@@]1(COC)CC[C@H]2[C@@H]3CCC4=CC(=O)CCC4=C3[C@@H](c3ccc(C=O)cc3)C[C@@]21C. The first-order chi connectivity index (χ1) is 16.0. The van der Waals surface area contributed by atoms with Crippen molar-refractivity contribution in [2.45, 2.75) is 70.3 Å². The van der Waals surface area contributed by atoms with Crippen LogP contribution in [0.1, 0.15) is 80.6 Å². The van der Waals surface area contributed by atoms with Gasteiger partial charge in [0.15, 0.2) is 5.78 Å². The van der Waals surface area contributed by atoms with E-state index in [1.165, 1.54) is 16.7 Å². The van der Waals surface area contributed by atoms with E-state index in [2.05, 4.69) is 26.0 Å². The van der Waals surface area contributed by atoms with Crippen molar-refractivity contribution in [2.75, 3.05) is 20.3 Å². The van der Waals surface area contributed by atoms with Crippen LogP contribution in [0.5, 0.6) is 0 Å². The van der Waals surface area contributed by atoms with Crippen molar-refractivity contribution >= 4 is 12.1 Å². The van der Waals surface area contributed by atoms with Crippen molar-refractivity contribution in [3.63, 3.8) is 0 Å². The standard InChI is InChI=1S/C29H36O4/c1-4-33-29(18-32-3)14-13-26-24-11-9-21-15-22(31)10-12-23(21)27(24)25(16-28(26,29)2)20-7-5-19(17-30)6-8-20/h5-8,15,17,24-26H,4,9-14,16,18H2,1-3H3/t24-,25+,26-,28-,29+/m0/s1. The number of ketones is 1. The number of allylic oxidation sites excluding steroid dienone is 4. The van der Waals surface area contributed by atoms with E-state index >= 15 is 0 Å². The second-order valence-electron chi connectivity index (χ2n) is 10.7.